The molecule has 3 N–H and O–H groups in total. The van der Waals surface area contributed by atoms with Crippen molar-refractivity contribution in [1.82, 2.24) is 10.2 Å². The van der Waals surface area contributed by atoms with Gasteiger partial charge in [-0.15, -0.1) is 0 Å². The molecule has 0 spiro atoms. The second-order valence-electron chi connectivity index (χ2n) is 8.26. The Hall–Kier alpha value is -3.61. The van der Waals surface area contributed by atoms with Gasteiger partial charge in [0, 0.05) is 35.5 Å². The average molecular weight is 500 g/mol. The number of fused-ring (bicyclic) bond motifs is 1. The first-order chi connectivity index (χ1) is 16.1. The van der Waals surface area contributed by atoms with E-state index in [2.05, 4.69) is 10.2 Å². The molecular weight excluding hydrogens is 481 g/mol. The number of nitrogens with one attached hydrogen (secondary N) is 1. The number of primary amides is 1. The van der Waals surface area contributed by atoms with Gasteiger partial charge >= 0.3 is 6.03 Å². The van der Waals surface area contributed by atoms with Crippen LogP contribution in [-0.4, -0.2) is 46.8 Å². The number of benzene rings is 2. The van der Waals surface area contributed by atoms with Crippen molar-refractivity contribution in [3.63, 3.8) is 0 Å². The minimum Gasteiger partial charge on any atom is -0.369 e. The summed E-state index contributed by atoms with van der Waals surface area (Å²) in [5.41, 5.74) is 5.26. The number of hydrogen-bond acceptors (Lipinski definition) is 4. The summed E-state index contributed by atoms with van der Waals surface area (Å²) in [6.07, 6.45) is -0.184. The Morgan fingerprint density at radius 2 is 1.79 bits per heavy atom. The summed E-state index contributed by atoms with van der Waals surface area (Å²) in [5, 5.41) is 3.24. The lowest BCUT2D eigenvalue weighted by Crippen LogP contribution is -2.47. The van der Waals surface area contributed by atoms with Crippen LogP contribution in [0.4, 0.5) is 16.2 Å². The molecule has 2 aromatic carbocycles. The zero-order valence-electron chi connectivity index (χ0n) is 17.8. The third kappa shape index (κ3) is 4.30. The van der Waals surface area contributed by atoms with Gasteiger partial charge in [0.15, 0.2) is 5.69 Å². The summed E-state index contributed by atoms with van der Waals surface area (Å²) in [7, 11) is 0. The van der Waals surface area contributed by atoms with E-state index >= 15 is 0 Å². The molecule has 5 amide bonds. The SMILES string of the molecule is [C-]#[N+]c1ccc(CC23CC(NC(=O)CC(N)=O)CN2C(=O)N(c2cc(Cl)cc(Cl)c2)C3=O)cc1. The van der Waals surface area contributed by atoms with E-state index in [0.29, 0.717) is 5.69 Å². The molecular formula is C23H19Cl2N5O4. The molecule has 2 aliphatic rings. The van der Waals surface area contributed by atoms with Crippen molar-refractivity contribution in [1.29, 1.82) is 0 Å². The quantitative estimate of drug-likeness (QED) is 0.360. The minimum atomic E-state index is -1.28. The van der Waals surface area contributed by atoms with Crippen molar-refractivity contribution < 1.29 is 19.2 Å². The van der Waals surface area contributed by atoms with Gasteiger partial charge in [-0.3, -0.25) is 14.4 Å². The molecule has 2 fully saturated rings. The predicted octanol–water partition coefficient (Wildman–Crippen LogP) is 3.06. The molecule has 0 radical (unpaired) electrons. The standard InChI is InChI=1S/C23H19Cl2N5O4/c1-27-16-4-2-13(3-5-16)10-23-11-17(28-20(32)9-19(26)31)12-29(23)22(34)30(21(23)33)18-7-14(24)6-15(25)8-18/h2-8,17H,9-12H2,(H2,26,31)(H,28,32). The molecule has 0 aliphatic carbocycles. The summed E-state index contributed by atoms with van der Waals surface area (Å²) in [6, 6.07) is 10.1. The van der Waals surface area contributed by atoms with Crippen molar-refractivity contribution >= 4 is 58.3 Å². The lowest BCUT2D eigenvalue weighted by molar-refractivity contribution is -0.128. The molecule has 2 unspecified atom stereocenters. The maximum absolute atomic E-state index is 13.8. The molecule has 2 aliphatic heterocycles. The fourth-order valence-electron chi connectivity index (χ4n) is 4.56. The molecule has 2 atom stereocenters. The maximum Gasteiger partial charge on any atom is 0.332 e. The van der Waals surface area contributed by atoms with E-state index in [1.165, 1.54) is 23.1 Å². The number of halogens is 2. The highest BCUT2D eigenvalue weighted by Gasteiger charge is 2.62. The molecule has 0 aromatic heterocycles. The van der Waals surface area contributed by atoms with Gasteiger partial charge in [0.05, 0.1) is 12.3 Å². The Balaban J connectivity index is 1.70. The Bertz CT molecular complexity index is 1220. The van der Waals surface area contributed by atoms with Crippen molar-refractivity contribution in [2.45, 2.75) is 30.8 Å². The number of nitrogens with zero attached hydrogens (tertiary/aromatic N) is 3. The van der Waals surface area contributed by atoms with Gasteiger partial charge in [-0.1, -0.05) is 47.5 Å². The number of anilines is 1. The highest BCUT2D eigenvalue weighted by Crippen LogP contribution is 2.43. The van der Waals surface area contributed by atoms with Gasteiger partial charge in [-0.05, 0) is 23.8 Å². The Morgan fingerprint density at radius 1 is 1.15 bits per heavy atom. The van der Waals surface area contributed by atoms with E-state index in [9.17, 15) is 19.2 Å². The van der Waals surface area contributed by atoms with E-state index in [4.69, 9.17) is 35.5 Å². The van der Waals surface area contributed by atoms with Gasteiger partial charge in [-0.2, -0.15) is 0 Å². The van der Waals surface area contributed by atoms with Gasteiger partial charge in [0.1, 0.15) is 12.0 Å². The number of carbonyl (C=O) groups is 4. The highest BCUT2D eigenvalue weighted by atomic mass is 35.5. The Labute approximate surface area is 205 Å². The highest BCUT2D eigenvalue weighted by molar-refractivity contribution is 6.35. The number of imide groups is 1. The van der Waals surface area contributed by atoms with Crippen LogP contribution in [0.5, 0.6) is 0 Å². The first-order valence-corrected chi connectivity index (χ1v) is 11.0. The summed E-state index contributed by atoms with van der Waals surface area (Å²) in [4.78, 5) is 56.3. The lowest BCUT2D eigenvalue weighted by atomic mass is 9.87. The van der Waals surface area contributed by atoms with Crippen LogP contribution in [0.25, 0.3) is 4.85 Å². The van der Waals surface area contributed by atoms with Gasteiger partial charge < -0.3 is 16.0 Å². The Kier molecular flexibility index (Phi) is 6.21. The second-order valence-corrected chi connectivity index (χ2v) is 9.13. The normalized spacial score (nSPS) is 21.4. The first-order valence-electron chi connectivity index (χ1n) is 10.3. The summed E-state index contributed by atoms with van der Waals surface area (Å²) in [6.45, 7) is 7.20. The van der Waals surface area contributed by atoms with E-state index in [1.54, 1.807) is 24.3 Å². The second kappa shape index (κ2) is 8.97. The minimum absolute atomic E-state index is 0.0695. The van der Waals surface area contributed by atoms with Crippen LogP contribution >= 0.6 is 23.2 Å². The molecule has 0 saturated carbocycles. The van der Waals surface area contributed by atoms with Crippen LogP contribution in [0.15, 0.2) is 42.5 Å². The molecule has 11 heteroatoms. The molecule has 9 nitrogen and oxygen atoms in total. The largest absolute Gasteiger partial charge is 0.369 e. The van der Waals surface area contributed by atoms with Crippen LogP contribution in [0.1, 0.15) is 18.4 Å². The first kappa shape index (κ1) is 23.5. The number of carbonyl (C=O) groups excluding carboxylic acids is 4. The maximum atomic E-state index is 13.8. The zero-order chi connectivity index (χ0) is 24.6. The van der Waals surface area contributed by atoms with E-state index < -0.39 is 41.8 Å². The number of nitrogens with two attached hydrogens (primary N) is 1. The van der Waals surface area contributed by atoms with E-state index in [0.717, 1.165) is 10.5 Å². The number of rotatable bonds is 6. The topological polar surface area (TPSA) is 117 Å². The number of amides is 5. The smallest absolute Gasteiger partial charge is 0.332 e. The third-order valence-corrected chi connectivity index (χ3v) is 6.33. The van der Waals surface area contributed by atoms with Crippen LogP contribution in [0.2, 0.25) is 10.0 Å². The molecule has 4 rings (SSSR count). The van der Waals surface area contributed by atoms with Crippen molar-refractivity contribution in [2.75, 3.05) is 11.4 Å². The molecule has 34 heavy (non-hydrogen) atoms. The van der Waals surface area contributed by atoms with Crippen LogP contribution < -0.4 is 16.0 Å². The zero-order valence-corrected chi connectivity index (χ0v) is 19.3. The molecule has 0 bridgehead atoms. The van der Waals surface area contributed by atoms with Gasteiger partial charge in [0.25, 0.3) is 5.91 Å². The number of urea groups is 1. The summed E-state index contributed by atoms with van der Waals surface area (Å²) < 4.78 is 0. The van der Waals surface area contributed by atoms with Crippen molar-refractivity contribution in [2.24, 2.45) is 5.73 Å². The van der Waals surface area contributed by atoms with Crippen LogP contribution in [0, 0.1) is 6.57 Å². The Morgan fingerprint density at radius 3 is 2.38 bits per heavy atom. The summed E-state index contributed by atoms with van der Waals surface area (Å²) in [5.74, 6) is -1.83. The van der Waals surface area contributed by atoms with Crippen LogP contribution in [-0.2, 0) is 20.8 Å². The lowest BCUT2D eigenvalue weighted by Gasteiger charge is -2.28. The number of hydrogen-bond donors (Lipinski definition) is 2. The van der Waals surface area contributed by atoms with E-state index in [1.807, 2.05) is 0 Å². The summed E-state index contributed by atoms with van der Waals surface area (Å²) >= 11 is 12.2. The molecule has 2 aromatic rings. The fourth-order valence-corrected chi connectivity index (χ4v) is 5.07. The molecule has 2 heterocycles. The predicted molar refractivity (Wildman–Crippen MR) is 126 cm³/mol. The van der Waals surface area contributed by atoms with Crippen molar-refractivity contribution in [3.05, 3.63) is 69.5 Å². The monoisotopic (exact) mass is 499 g/mol. The molecule has 174 valence electrons. The van der Waals surface area contributed by atoms with Crippen LogP contribution in [0.3, 0.4) is 0 Å². The van der Waals surface area contributed by atoms with Gasteiger partial charge in [0.2, 0.25) is 11.8 Å². The van der Waals surface area contributed by atoms with Gasteiger partial charge in [-0.25, -0.2) is 14.5 Å². The van der Waals surface area contributed by atoms with Crippen molar-refractivity contribution in [3.8, 4) is 0 Å². The third-order valence-electron chi connectivity index (χ3n) is 5.89. The fraction of sp³-hybridized carbons (Fsp3) is 0.261. The molecule has 2 saturated heterocycles. The van der Waals surface area contributed by atoms with E-state index in [-0.39, 0.29) is 35.1 Å². The average Bonchev–Trinajstić information content (AvgIpc) is 3.19.